The lowest BCUT2D eigenvalue weighted by Gasteiger charge is -2.33. The maximum Gasteiger partial charge on any atom is 0.255 e. The van der Waals surface area contributed by atoms with E-state index in [0.717, 1.165) is 32.0 Å². The van der Waals surface area contributed by atoms with Gasteiger partial charge in [-0.05, 0) is 43.3 Å². The Labute approximate surface area is 195 Å². The summed E-state index contributed by atoms with van der Waals surface area (Å²) in [5.74, 6) is 0.512. The van der Waals surface area contributed by atoms with Gasteiger partial charge in [0.25, 0.3) is 5.91 Å². The maximum absolute atomic E-state index is 13.2. The lowest BCUT2D eigenvalue weighted by atomic mass is 10.1. The normalized spacial score (nSPS) is 18.3. The fourth-order valence-corrected chi connectivity index (χ4v) is 5.77. The molecule has 33 heavy (non-hydrogen) atoms. The van der Waals surface area contributed by atoms with E-state index in [1.54, 1.807) is 18.3 Å². The minimum absolute atomic E-state index is 0.183. The lowest BCUT2D eigenvalue weighted by Crippen LogP contribution is -2.44. The summed E-state index contributed by atoms with van der Waals surface area (Å²) in [6, 6.07) is 8.58. The third-order valence-electron chi connectivity index (χ3n) is 6.13. The second-order valence-electron chi connectivity index (χ2n) is 8.34. The summed E-state index contributed by atoms with van der Waals surface area (Å²) in [7, 11) is -1.60. The Morgan fingerprint density at radius 3 is 2.42 bits per heavy atom. The molecule has 1 amide bonds. The Hall–Kier alpha value is -2.53. The van der Waals surface area contributed by atoms with Crippen LogP contribution in [0.2, 0.25) is 0 Å². The van der Waals surface area contributed by atoms with Crippen molar-refractivity contribution in [2.24, 2.45) is 0 Å². The largest absolute Gasteiger partial charge is 0.379 e. The highest BCUT2D eigenvalue weighted by Gasteiger charge is 2.29. The SMILES string of the molecule is CCc1ccc(C(=O)Nc2ccc(N3CCN(C)CC3)nc2)cc1S(=O)(=O)N1CCOCC1. The number of likely N-dealkylation sites (N-methyl/N-ethyl adjacent to an activating group) is 1. The first-order valence-corrected chi connectivity index (χ1v) is 12.7. The first-order chi connectivity index (χ1) is 15.9. The zero-order chi connectivity index (χ0) is 23.4. The second kappa shape index (κ2) is 10.2. The van der Waals surface area contributed by atoms with Gasteiger partial charge in [-0.2, -0.15) is 4.31 Å². The van der Waals surface area contributed by atoms with E-state index in [2.05, 4.69) is 27.1 Å². The zero-order valence-corrected chi connectivity index (χ0v) is 20.0. The number of benzene rings is 1. The van der Waals surface area contributed by atoms with E-state index >= 15 is 0 Å². The molecule has 2 aliphatic heterocycles. The molecule has 1 N–H and O–H groups in total. The Morgan fingerprint density at radius 1 is 1.06 bits per heavy atom. The van der Waals surface area contributed by atoms with Gasteiger partial charge in [0, 0.05) is 44.8 Å². The number of pyridine rings is 1. The van der Waals surface area contributed by atoms with E-state index < -0.39 is 10.0 Å². The van der Waals surface area contributed by atoms with Gasteiger partial charge >= 0.3 is 0 Å². The van der Waals surface area contributed by atoms with Crippen LogP contribution in [-0.4, -0.2) is 88.0 Å². The summed E-state index contributed by atoms with van der Waals surface area (Å²) >= 11 is 0. The minimum atomic E-state index is -3.70. The van der Waals surface area contributed by atoms with E-state index in [1.165, 1.54) is 10.4 Å². The van der Waals surface area contributed by atoms with Gasteiger partial charge in [0.05, 0.1) is 30.0 Å². The van der Waals surface area contributed by atoms with E-state index in [-0.39, 0.29) is 10.8 Å². The van der Waals surface area contributed by atoms with Crippen LogP contribution in [0.5, 0.6) is 0 Å². The number of carbonyl (C=O) groups excluding carboxylic acids is 1. The highest BCUT2D eigenvalue weighted by molar-refractivity contribution is 7.89. The van der Waals surface area contributed by atoms with Crippen molar-refractivity contribution in [1.29, 1.82) is 0 Å². The summed E-state index contributed by atoms with van der Waals surface area (Å²) in [6.07, 6.45) is 2.19. The molecule has 1 aromatic heterocycles. The third kappa shape index (κ3) is 5.35. The number of amides is 1. The number of hydrogen-bond donors (Lipinski definition) is 1. The number of aromatic nitrogens is 1. The first-order valence-electron chi connectivity index (χ1n) is 11.3. The molecule has 9 nitrogen and oxygen atoms in total. The first kappa shape index (κ1) is 23.6. The number of ether oxygens (including phenoxy) is 1. The Morgan fingerprint density at radius 2 is 1.79 bits per heavy atom. The van der Waals surface area contributed by atoms with Crippen molar-refractivity contribution < 1.29 is 17.9 Å². The van der Waals surface area contributed by atoms with Gasteiger partial charge in [-0.3, -0.25) is 4.79 Å². The number of anilines is 2. The average Bonchev–Trinajstić information content (AvgIpc) is 2.85. The minimum Gasteiger partial charge on any atom is -0.379 e. The maximum atomic E-state index is 13.2. The van der Waals surface area contributed by atoms with E-state index in [1.807, 2.05) is 19.1 Å². The number of sulfonamides is 1. The van der Waals surface area contributed by atoms with Gasteiger partial charge in [-0.15, -0.1) is 0 Å². The van der Waals surface area contributed by atoms with Gasteiger partial charge < -0.3 is 19.9 Å². The number of nitrogens with zero attached hydrogens (tertiary/aromatic N) is 4. The van der Waals surface area contributed by atoms with Crippen molar-refractivity contribution in [3.05, 3.63) is 47.7 Å². The van der Waals surface area contributed by atoms with Crippen LogP contribution in [0.1, 0.15) is 22.8 Å². The fourth-order valence-electron chi connectivity index (χ4n) is 4.04. The van der Waals surface area contributed by atoms with Crippen molar-refractivity contribution in [2.75, 3.05) is 69.7 Å². The third-order valence-corrected chi connectivity index (χ3v) is 8.11. The Kier molecular flexibility index (Phi) is 7.28. The Bertz CT molecular complexity index is 1080. The van der Waals surface area contributed by atoms with Crippen LogP contribution in [0.15, 0.2) is 41.4 Å². The standard InChI is InChI=1S/C23H31N5O4S/c1-3-18-4-5-19(16-21(18)33(30,31)28-12-14-32-15-13-28)23(29)25-20-6-7-22(24-17-20)27-10-8-26(2)9-11-27/h4-7,16-17H,3,8-15H2,1-2H3,(H,25,29). The number of morpholine rings is 1. The molecule has 3 heterocycles. The zero-order valence-electron chi connectivity index (χ0n) is 19.2. The molecular formula is C23H31N5O4S. The number of rotatable bonds is 6. The summed E-state index contributed by atoms with van der Waals surface area (Å²) in [5, 5.41) is 2.83. The number of piperazine rings is 1. The highest BCUT2D eigenvalue weighted by atomic mass is 32.2. The van der Waals surface area contributed by atoms with Gasteiger partial charge in [-0.25, -0.2) is 13.4 Å². The van der Waals surface area contributed by atoms with Crippen molar-refractivity contribution in [3.63, 3.8) is 0 Å². The molecule has 2 saturated heterocycles. The van der Waals surface area contributed by atoms with Gasteiger partial charge in [0.1, 0.15) is 5.82 Å². The monoisotopic (exact) mass is 473 g/mol. The molecule has 1 aromatic carbocycles. The molecule has 0 aliphatic carbocycles. The molecule has 0 radical (unpaired) electrons. The topological polar surface area (TPSA) is 95.1 Å². The van der Waals surface area contributed by atoms with Gasteiger partial charge in [0.15, 0.2) is 0 Å². The van der Waals surface area contributed by atoms with Crippen molar-refractivity contribution in [3.8, 4) is 0 Å². The smallest absolute Gasteiger partial charge is 0.255 e. The molecule has 10 heteroatoms. The van der Waals surface area contributed by atoms with Crippen molar-refractivity contribution in [1.82, 2.24) is 14.2 Å². The molecule has 0 atom stereocenters. The van der Waals surface area contributed by atoms with Crippen LogP contribution in [0, 0.1) is 0 Å². The van der Waals surface area contributed by atoms with Crippen LogP contribution in [-0.2, 0) is 21.2 Å². The van der Waals surface area contributed by atoms with E-state index in [4.69, 9.17) is 4.74 Å². The second-order valence-corrected chi connectivity index (χ2v) is 10.2. The summed E-state index contributed by atoms with van der Waals surface area (Å²) in [4.78, 5) is 22.1. The molecule has 0 spiro atoms. The van der Waals surface area contributed by atoms with Crippen LogP contribution < -0.4 is 10.2 Å². The predicted molar refractivity (Wildman–Crippen MR) is 127 cm³/mol. The van der Waals surface area contributed by atoms with E-state index in [9.17, 15) is 13.2 Å². The number of carbonyl (C=O) groups is 1. The molecule has 0 bridgehead atoms. The quantitative estimate of drug-likeness (QED) is 0.682. The molecule has 4 rings (SSSR count). The molecule has 2 aliphatic rings. The molecule has 0 saturated carbocycles. The summed E-state index contributed by atoms with van der Waals surface area (Å²) < 4.78 is 33.2. The molecular weight excluding hydrogens is 442 g/mol. The van der Waals surface area contributed by atoms with Crippen LogP contribution >= 0.6 is 0 Å². The average molecular weight is 474 g/mol. The highest BCUT2D eigenvalue weighted by Crippen LogP contribution is 2.24. The Balaban J connectivity index is 1.50. The van der Waals surface area contributed by atoms with Crippen LogP contribution in [0.25, 0.3) is 0 Å². The molecule has 2 fully saturated rings. The van der Waals surface area contributed by atoms with Crippen LogP contribution in [0.4, 0.5) is 11.5 Å². The van der Waals surface area contributed by atoms with Crippen molar-refractivity contribution >= 4 is 27.4 Å². The molecule has 178 valence electrons. The predicted octanol–water partition coefficient (Wildman–Crippen LogP) is 1.67. The number of hydrogen-bond acceptors (Lipinski definition) is 7. The fraction of sp³-hybridized carbons (Fsp3) is 0.478. The van der Waals surface area contributed by atoms with E-state index in [0.29, 0.717) is 49.5 Å². The molecule has 0 unspecified atom stereocenters. The van der Waals surface area contributed by atoms with Gasteiger partial charge in [-0.1, -0.05) is 13.0 Å². The van der Waals surface area contributed by atoms with Crippen molar-refractivity contribution in [2.45, 2.75) is 18.2 Å². The van der Waals surface area contributed by atoms with Gasteiger partial charge in [0.2, 0.25) is 10.0 Å². The molecule has 2 aromatic rings. The summed E-state index contributed by atoms with van der Waals surface area (Å²) in [5.41, 5.74) is 1.55. The number of nitrogens with one attached hydrogen (secondary N) is 1. The van der Waals surface area contributed by atoms with Crippen LogP contribution in [0.3, 0.4) is 0 Å². The lowest BCUT2D eigenvalue weighted by molar-refractivity contribution is 0.0730. The summed E-state index contributed by atoms with van der Waals surface area (Å²) in [6.45, 7) is 7.09. The number of aryl methyl sites for hydroxylation is 1.